The predicted octanol–water partition coefficient (Wildman–Crippen LogP) is 3.73. The molecular weight excluding hydrogens is 305 g/mol. The molecule has 3 nitrogen and oxygen atoms in total. The van der Waals surface area contributed by atoms with Gasteiger partial charge in [0.2, 0.25) is 0 Å². The summed E-state index contributed by atoms with van der Waals surface area (Å²) in [7, 11) is 0. The maximum absolute atomic E-state index is 12.5. The van der Waals surface area contributed by atoms with Crippen molar-refractivity contribution in [3.63, 3.8) is 0 Å². The molecule has 1 aromatic carbocycles. The molecule has 0 aliphatic heterocycles. The zero-order chi connectivity index (χ0) is 15.6. The molecule has 0 saturated carbocycles. The molecule has 0 aliphatic carbocycles. The Balaban J connectivity index is 2.22. The topological polar surface area (TPSA) is 43.2 Å². The first-order valence-corrected chi connectivity index (χ1v) is 6.31. The minimum Gasteiger partial charge on any atom is -0.245 e. The summed E-state index contributed by atoms with van der Waals surface area (Å²) in [5.74, 6) is -0.451. The number of amides is 1. The summed E-state index contributed by atoms with van der Waals surface area (Å²) >= 11 is 5.75. The summed E-state index contributed by atoms with van der Waals surface area (Å²) in [6, 6.07) is 7.55. The largest absolute Gasteiger partial charge is 0.419 e. The number of carbonyl (C=O) groups excluding carboxylic acids is 1. The standard InChI is InChI=1S/C14H10ClF3N2O/c1-8-3-2-4-9(5-8)13(21)20-12-11(15)6-10(7-19-12)14(16,17)18/h2-7H,1H3,(H,19,20,21)/p+1. The maximum atomic E-state index is 12.5. The van der Waals surface area contributed by atoms with Gasteiger partial charge >= 0.3 is 12.1 Å². The fourth-order valence-electron chi connectivity index (χ4n) is 1.70. The lowest BCUT2D eigenvalue weighted by Gasteiger charge is -2.06. The van der Waals surface area contributed by atoms with Crippen molar-refractivity contribution in [3.05, 3.63) is 58.2 Å². The number of pyridine rings is 1. The Morgan fingerprint density at radius 3 is 2.57 bits per heavy atom. The zero-order valence-corrected chi connectivity index (χ0v) is 11.6. The smallest absolute Gasteiger partial charge is 0.245 e. The number of H-pyrrole nitrogens is 1. The Labute approximate surface area is 123 Å². The van der Waals surface area contributed by atoms with Crippen LogP contribution in [-0.2, 0) is 6.18 Å². The monoisotopic (exact) mass is 315 g/mol. The number of rotatable bonds is 2. The molecule has 1 aromatic heterocycles. The van der Waals surface area contributed by atoms with Crippen LogP contribution >= 0.6 is 11.6 Å². The first-order valence-electron chi connectivity index (χ1n) is 5.94. The number of anilines is 1. The van der Waals surface area contributed by atoms with Crippen LogP contribution in [0.5, 0.6) is 0 Å². The highest BCUT2D eigenvalue weighted by Crippen LogP contribution is 2.31. The van der Waals surface area contributed by atoms with Crippen LogP contribution in [-0.4, -0.2) is 5.91 Å². The van der Waals surface area contributed by atoms with E-state index in [2.05, 4.69) is 10.3 Å². The molecule has 110 valence electrons. The molecule has 21 heavy (non-hydrogen) atoms. The summed E-state index contributed by atoms with van der Waals surface area (Å²) in [6.45, 7) is 1.83. The van der Waals surface area contributed by atoms with Gasteiger partial charge in [-0.05, 0) is 25.1 Å². The Morgan fingerprint density at radius 1 is 1.29 bits per heavy atom. The second-order valence-electron chi connectivity index (χ2n) is 4.43. The zero-order valence-electron chi connectivity index (χ0n) is 10.9. The quantitative estimate of drug-likeness (QED) is 0.901. The van der Waals surface area contributed by atoms with Gasteiger partial charge in [-0.25, -0.2) is 15.1 Å². The molecule has 0 aliphatic rings. The van der Waals surface area contributed by atoms with E-state index in [1.807, 2.05) is 13.0 Å². The fraction of sp³-hybridized carbons (Fsp3) is 0.143. The van der Waals surface area contributed by atoms with Crippen LogP contribution in [0.1, 0.15) is 21.5 Å². The van der Waals surface area contributed by atoms with Crippen LogP contribution in [0.25, 0.3) is 0 Å². The number of benzene rings is 1. The molecule has 2 aromatic rings. The number of aryl methyl sites for hydroxylation is 1. The van der Waals surface area contributed by atoms with E-state index in [0.29, 0.717) is 5.56 Å². The number of halogens is 4. The molecular formula is C14H11ClF3N2O+. The molecule has 7 heteroatoms. The summed E-state index contributed by atoms with van der Waals surface area (Å²) in [5.41, 5.74) is 0.366. The second-order valence-corrected chi connectivity index (χ2v) is 4.84. The first-order chi connectivity index (χ1) is 9.77. The van der Waals surface area contributed by atoms with Crippen LogP contribution in [0.2, 0.25) is 5.02 Å². The van der Waals surface area contributed by atoms with E-state index in [0.717, 1.165) is 17.8 Å². The lowest BCUT2D eigenvalue weighted by atomic mass is 10.1. The first kappa shape index (κ1) is 15.3. The number of hydrogen-bond donors (Lipinski definition) is 1. The van der Waals surface area contributed by atoms with Crippen molar-refractivity contribution in [2.45, 2.75) is 13.1 Å². The van der Waals surface area contributed by atoms with Gasteiger partial charge in [-0.2, -0.15) is 13.2 Å². The highest BCUT2D eigenvalue weighted by molar-refractivity contribution is 6.33. The molecule has 0 saturated heterocycles. The van der Waals surface area contributed by atoms with Gasteiger partial charge in [0.05, 0.1) is 11.1 Å². The van der Waals surface area contributed by atoms with Gasteiger partial charge in [0.25, 0.3) is 5.82 Å². The fourth-order valence-corrected chi connectivity index (χ4v) is 1.92. The van der Waals surface area contributed by atoms with Gasteiger partial charge < -0.3 is 0 Å². The van der Waals surface area contributed by atoms with E-state index in [9.17, 15) is 18.0 Å². The Bertz CT molecular complexity index is 686. The van der Waals surface area contributed by atoms with Crippen molar-refractivity contribution in [1.29, 1.82) is 0 Å². The average Bonchev–Trinajstić information content (AvgIpc) is 2.39. The van der Waals surface area contributed by atoms with Gasteiger partial charge in [0.1, 0.15) is 11.2 Å². The number of alkyl halides is 3. The van der Waals surface area contributed by atoms with Crippen molar-refractivity contribution in [2.24, 2.45) is 0 Å². The van der Waals surface area contributed by atoms with Gasteiger partial charge in [0, 0.05) is 0 Å². The van der Waals surface area contributed by atoms with Gasteiger partial charge in [-0.3, -0.25) is 0 Å². The third-order valence-electron chi connectivity index (χ3n) is 2.74. The maximum Gasteiger partial charge on any atom is 0.419 e. The molecule has 0 spiro atoms. The van der Waals surface area contributed by atoms with Gasteiger partial charge in [-0.15, -0.1) is 0 Å². The van der Waals surface area contributed by atoms with Crippen molar-refractivity contribution < 1.29 is 22.9 Å². The molecule has 2 rings (SSSR count). The predicted molar refractivity (Wildman–Crippen MR) is 72.1 cm³/mol. The summed E-state index contributed by atoms with van der Waals surface area (Å²) in [5, 5.41) is 2.22. The number of aromatic amines is 1. The SMILES string of the molecule is Cc1cccc(C(=O)Nc2[nH+]cc(C(F)(F)F)cc2Cl)c1. The van der Waals surface area contributed by atoms with Crippen molar-refractivity contribution in [3.8, 4) is 0 Å². The van der Waals surface area contributed by atoms with Crippen molar-refractivity contribution in [2.75, 3.05) is 5.32 Å². The van der Waals surface area contributed by atoms with E-state index in [-0.39, 0.29) is 10.8 Å². The van der Waals surface area contributed by atoms with E-state index >= 15 is 0 Å². The van der Waals surface area contributed by atoms with E-state index in [1.54, 1.807) is 18.2 Å². The number of nitrogens with one attached hydrogen (secondary N) is 2. The Morgan fingerprint density at radius 2 is 2.00 bits per heavy atom. The van der Waals surface area contributed by atoms with Crippen LogP contribution in [0, 0.1) is 6.92 Å². The molecule has 0 radical (unpaired) electrons. The third kappa shape index (κ3) is 3.72. The number of aromatic nitrogens is 1. The number of carbonyl (C=O) groups is 1. The molecule has 0 bridgehead atoms. The highest BCUT2D eigenvalue weighted by Gasteiger charge is 2.33. The van der Waals surface area contributed by atoms with Crippen LogP contribution in [0.3, 0.4) is 0 Å². The molecule has 1 heterocycles. The van der Waals surface area contributed by atoms with Gasteiger partial charge in [0.15, 0.2) is 0 Å². The normalized spacial score (nSPS) is 11.3. The van der Waals surface area contributed by atoms with Crippen molar-refractivity contribution >= 4 is 23.3 Å². The lowest BCUT2D eigenvalue weighted by molar-refractivity contribution is -0.364. The second kappa shape index (κ2) is 5.73. The summed E-state index contributed by atoms with van der Waals surface area (Å²) in [6.07, 6.45) is -3.75. The Hall–Kier alpha value is -2.08. The summed E-state index contributed by atoms with van der Waals surface area (Å²) < 4.78 is 37.5. The van der Waals surface area contributed by atoms with E-state index < -0.39 is 17.6 Å². The van der Waals surface area contributed by atoms with E-state index in [4.69, 9.17) is 11.6 Å². The van der Waals surface area contributed by atoms with Crippen LogP contribution in [0.4, 0.5) is 19.0 Å². The molecule has 0 atom stereocenters. The minimum atomic E-state index is -4.50. The minimum absolute atomic E-state index is 0.0103. The molecule has 0 unspecified atom stereocenters. The molecule has 0 fully saturated rings. The van der Waals surface area contributed by atoms with E-state index in [1.165, 1.54) is 0 Å². The van der Waals surface area contributed by atoms with Crippen LogP contribution < -0.4 is 10.3 Å². The summed E-state index contributed by atoms with van der Waals surface area (Å²) in [4.78, 5) is 14.3. The van der Waals surface area contributed by atoms with Gasteiger partial charge in [-0.1, -0.05) is 29.3 Å². The lowest BCUT2D eigenvalue weighted by Crippen LogP contribution is -2.21. The molecule has 1 amide bonds. The van der Waals surface area contributed by atoms with Crippen molar-refractivity contribution in [1.82, 2.24) is 0 Å². The Kier molecular flexibility index (Phi) is 4.18. The third-order valence-corrected chi connectivity index (χ3v) is 3.04. The number of hydrogen-bond acceptors (Lipinski definition) is 1. The molecule has 2 N–H and O–H groups in total. The highest BCUT2D eigenvalue weighted by atomic mass is 35.5. The van der Waals surface area contributed by atoms with Crippen LogP contribution in [0.15, 0.2) is 36.5 Å². The average molecular weight is 316 g/mol.